The highest BCUT2D eigenvalue weighted by atomic mass is 16.4. The lowest BCUT2D eigenvalue weighted by Gasteiger charge is -2.20. The van der Waals surface area contributed by atoms with Crippen LogP contribution in [0.2, 0.25) is 0 Å². The fourth-order valence-corrected chi connectivity index (χ4v) is 2.61. The quantitative estimate of drug-likeness (QED) is 0.884. The Morgan fingerprint density at radius 2 is 2.00 bits per heavy atom. The minimum atomic E-state index is -1.01. The van der Waals surface area contributed by atoms with Crippen LogP contribution in [0.1, 0.15) is 54.2 Å². The van der Waals surface area contributed by atoms with E-state index in [-0.39, 0.29) is 12.5 Å². The number of rotatable bonds is 5. The van der Waals surface area contributed by atoms with Crippen LogP contribution in [-0.4, -0.2) is 28.5 Å². The molecule has 0 saturated heterocycles. The van der Waals surface area contributed by atoms with Gasteiger partial charge in [0.2, 0.25) is 0 Å². The highest BCUT2D eigenvalue weighted by molar-refractivity contribution is 6.06. The Morgan fingerprint density at radius 3 is 2.62 bits per heavy atom. The molecule has 5 nitrogen and oxygen atoms in total. The Hall–Kier alpha value is -2.43. The highest BCUT2D eigenvalue weighted by Crippen LogP contribution is 2.40. The fourth-order valence-electron chi connectivity index (χ4n) is 2.61. The number of benzene rings is 1. The second-order valence-electron chi connectivity index (χ2n) is 7.26. The van der Waals surface area contributed by atoms with Crippen molar-refractivity contribution in [2.24, 2.45) is 5.41 Å². The maximum Gasteiger partial charge on any atom is 0.310 e. The van der Waals surface area contributed by atoms with E-state index in [4.69, 9.17) is 0 Å². The lowest BCUT2D eigenvalue weighted by molar-refractivity contribution is -0.146. The normalized spacial score (nSPS) is 14.6. The third-order valence-electron chi connectivity index (χ3n) is 4.49. The van der Waals surface area contributed by atoms with Crippen LogP contribution < -0.4 is 5.32 Å². The van der Waals surface area contributed by atoms with Gasteiger partial charge >= 0.3 is 5.97 Å². The predicted octanol–water partition coefficient (Wildman–Crippen LogP) is 3.26. The number of carboxylic acid groups (broad SMARTS) is 1. The Morgan fingerprint density at radius 1 is 1.29 bits per heavy atom. The van der Waals surface area contributed by atoms with Gasteiger partial charge in [-0.15, -0.1) is 0 Å². The van der Waals surface area contributed by atoms with Crippen LogP contribution in [0.25, 0.3) is 10.9 Å². The number of pyridine rings is 1. The molecular weight excluding hydrogens is 304 g/mol. The molecule has 1 aromatic carbocycles. The summed E-state index contributed by atoms with van der Waals surface area (Å²) in [5.74, 6) is -0.737. The molecule has 24 heavy (non-hydrogen) atoms. The first-order chi connectivity index (χ1) is 11.3. The Kier molecular flexibility index (Phi) is 4.03. The van der Waals surface area contributed by atoms with Crippen LogP contribution in [0.3, 0.4) is 0 Å². The second-order valence-corrected chi connectivity index (χ2v) is 7.26. The summed E-state index contributed by atoms with van der Waals surface area (Å²) >= 11 is 0. The molecule has 3 rings (SSSR count). The number of aryl methyl sites for hydroxylation is 1. The summed E-state index contributed by atoms with van der Waals surface area (Å²) < 4.78 is 0. The topological polar surface area (TPSA) is 79.3 Å². The van der Waals surface area contributed by atoms with E-state index >= 15 is 0 Å². The van der Waals surface area contributed by atoms with Gasteiger partial charge in [0.25, 0.3) is 5.91 Å². The lowest BCUT2D eigenvalue weighted by atomic mass is 9.93. The number of aromatic nitrogens is 1. The van der Waals surface area contributed by atoms with E-state index in [1.165, 1.54) is 0 Å². The maximum absolute atomic E-state index is 12.7. The molecule has 1 aliphatic carbocycles. The first-order valence-electron chi connectivity index (χ1n) is 8.21. The average molecular weight is 326 g/mol. The Balaban J connectivity index is 1.96. The number of nitrogens with one attached hydrogen (secondary N) is 1. The van der Waals surface area contributed by atoms with Crippen LogP contribution >= 0.6 is 0 Å². The molecule has 126 valence electrons. The number of fused-ring (bicyclic) bond motifs is 1. The van der Waals surface area contributed by atoms with Gasteiger partial charge in [0.05, 0.1) is 16.5 Å². The predicted molar refractivity (Wildman–Crippen MR) is 92.2 cm³/mol. The van der Waals surface area contributed by atoms with E-state index in [1.807, 2.05) is 31.2 Å². The zero-order chi connectivity index (χ0) is 17.5. The standard InChI is InChI=1S/C19H22N2O3/c1-11-4-7-15-13(8-11)14(9-16(21-15)12-5-6-12)17(22)20-10-19(2,3)18(23)24/h4,7-9,12H,5-6,10H2,1-3H3,(H,20,22)(H,23,24). The van der Waals surface area contributed by atoms with Gasteiger partial charge in [0.15, 0.2) is 0 Å². The number of carboxylic acids is 1. The van der Waals surface area contributed by atoms with Gasteiger partial charge in [-0.3, -0.25) is 14.6 Å². The molecule has 1 saturated carbocycles. The number of amides is 1. The van der Waals surface area contributed by atoms with Gasteiger partial charge in [0, 0.05) is 23.5 Å². The van der Waals surface area contributed by atoms with Gasteiger partial charge in [0.1, 0.15) is 0 Å². The molecule has 0 bridgehead atoms. The first kappa shape index (κ1) is 16.4. The van der Waals surface area contributed by atoms with Gasteiger partial charge in [-0.2, -0.15) is 0 Å². The largest absolute Gasteiger partial charge is 0.481 e. The minimum Gasteiger partial charge on any atom is -0.481 e. The third kappa shape index (κ3) is 3.25. The molecule has 0 aliphatic heterocycles. The van der Waals surface area contributed by atoms with Crippen molar-refractivity contribution >= 4 is 22.8 Å². The molecule has 5 heteroatoms. The number of hydrogen-bond acceptors (Lipinski definition) is 3. The number of carbonyl (C=O) groups is 2. The van der Waals surface area contributed by atoms with Crippen molar-refractivity contribution in [1.82, 2.24) is 10.3 Å². The zero-order valence-corrected chi connectivity index (χ0v) is 14.2. The molecule has 1 heterocycles. The summed E-state index contributed by atoms with van der Waals surface area (Å²) in [6.45, 7) is 5.25. The van der Waals surface area contributed by atoms with Crippen LogP contribution in [0, 0.1) is 12.3 Å². The third-order valence-corrected chi connectivity index (χ3v) is 4.49. The Labute approximate surface area is 141 Å². The van der Waals surface area contributed by atoms with Crippen molar-refractivity contribution in [2.75, 3.05) is 6.54 Å². The summed E-state index contributed by atoms with van der Waals surface area (Å²) in [4.78, 5) is 28.6. The van der Waals surface area contributed by atoms with E-state index < -0.39 is 11.4 Å². The number of hydrogen-bond donors (Lipinski definition) is 2. The van der Waals surface area contributed by atoms with Gasteiger partial charge < -0.3 is 10.4 Å². The van der Waals surface area contributed by atoms with Gasteiger partial charge in [-0.05, 0) is 51.8 Å². The number of carbonyl (C=O) groups excluding carboxylic acids is 1. The van der Waals surface area contributed by atoms with Crippen LogP contribution in [0.5, 0.6) is 0 Å². The molecule has 0 unspecified atom stereocenters. The summed E-state index contributed by atoms with van der Waals surface area (Å²) in [6.07, 6.45) is 2.22. The van der Waals surface area contributed by atoms with Crippen LogP contribution in [-0.2, 0) is 4.79 Å². The van der Waals surface area contributed by atoms with E-state index in [0.29, 0.717) is 11.5 Å². The van der Waals surface area contributed by atoms with Crippen molar-refractivity contribution in [3.05, 3.63) is 41.1 Å². The second kappa shape index (κ2) is 5.89. The van der Waals surface area contributed by atoms with Crippen molar-refractivity contribution in [3.63, 3.8) is 0 Å². The lowest BCUT2D eigenvalue weighted by Crippen LogP contribution is -2.39. The monoisotopic (exact) mass is 326 g/mol. The minimum absolute atomic E-state index is 0.0789. The number of nitrogens with zero attached hydrogens (tertiary/aromatic N) is 1. The first-order valence-corrected chi connectivity index (χ1v) is 8.21. The SMILES string of the molecule is Cc1ccc2nc(C3CC3)cc(C(=O)NCC(C)(C)C(=O)O)c2c1. The molecule has 0 spiro atoms. The average Bonchev–Trinajstić information content (AvgIpc) is 3.36. The molecule has 1 fully saturated rings. The molecule has 2 aromatic rings. The smallest absolute Gasteiger partial charge is 0.310 e. The molecule has 0 radical (unpaired) electrons. The molecule has 2 N–H and O–H groups in total. The Bertz CT molecular complexity index is 823. The molecule has 1 aromatic heterocycles. The maximum atomic E-state index is 12.7. The van der Waals surface area contributed by atoms with Gasteiger partial charge in [-0.25, -0.2) is 0 Å². The molecule has 0 atom stereocenters. The van der Waals surface area contributed by atoms with Crippen molar-refractivity contribution < 1.29 is 14.7 Å². The zero-order valence-electron chi connectivity index (χ0n) is 14.2. The summed E-state index contributed by atoms with van der Waals surface area (Å²) in [5.41, 5.74) is 2.39. The fraction of sp³-hybridized carbons (Fsp3) is 0.421. The van der Waals surface area contributed by atoms with E-state index in [9.17, 15) is 14.7 Å². The summed E-state index contributed by atoms with van der Waals surface area (Å²) in [6, 6.07) is 7.74. The van der Waals surface area contributed by atoms with E-state index in [0.717, 1.165) is 35.0 Å². The number of aliphatic carboxylic acids is 1. The summed E-state index contributed by atoms with van der Waals surface area (Å²) in [5, 5.41) is 12.8. The summed E-state index contributed by atoms with van der Waals surface area (Å²) in [7, 11) is 0. The molecule has 1 amide bonds. The van der Waals surface area contributed by atoms with Crippen LogP contribution in [0.15, 0.2) is 24.3 Å². The highest BCUT2D eigenvalue weighted by Gasteiger charge is 2.29. The van der Waals surface area contributed by atoms with Crippen molar-refractivity contribution in [2.45, 2.75) is 39.5 Å². The van der Waals surface area contributed by atoms with Crippen LogP contribution in [0.4, 0.5) is 0 Å². The van der Waals surface area contributed by atoms with Crippen molar-refractivity contribution in [1.29, 1.82) is 0 Å². The van der Waals surface area contributed by atoms with Gasteiger partial charge in [-0.1, -0.05) is 11.6 Å². The van der Waals surface area contributed by atoms with E-state index in [2.05, 4.69) is 10.3 Å². The van der Waals surface area contributed by atoms with E-state index in [1.54, 1.807) is 13.8 Å². The van der Waals surface area contributed by atoms with Crippen molar-refractivity contribution in [3.8, 4) is 0 Å². The molecular formula is C19H22N2O3. The molecule has 1 aliphatic rings.